The molecule has 0 spiro atoms. The maximum absolute atomic E-state index is 11.1. The molecule has 0 aromatic carbocycles. The van der Waals surface area contributed by atoms with Gasteiger partial charge in [-0.3, -0.25) is 4.79 Å². The first kappa shape index (κ1) is 14.2. The van der Waals surface area contributed by atoms with Crippen LogP contribution in [0.25, 0.3) is 0 Å². The zero-order chi connectivity index (χ0) is 13.8. The Morgan fingerprint density at radius 2 is 2.26 bits per heavy atom. The first-order chi connectivity index (χ1) is 9.15. The van der Waals surface area contributed by atoms with E-state index < -0.39 is 0 Å². The zero-order valence-corrected chi connectivity index (χ0v) is 13.1. The monoisotopic (exact) mass is 294 g/mol. The molecule has 0 saturated heterocycles. The maximum atomic E-state index is 11.1. The normalized spacial score (nSPS) is 10.9. The van der Waals surface area contributed by atoms with Crippen molar-refractivity contribution in [3.63, 3.8) is 0 Å². The van der Waals surface area contributed by atoms with Gasteiger partial charge in [-0.25, -0.2) is 4.98 Å². The van der Waals surface area contributed by atoms with Gasteiger partial charge in [0.05, 0.1) is 17.1 Å². The van der Waals surface area contributed by atoms with Crippen LogP contribution in [0.15, 0.2) is 17.5 Å². The van der Waals surface area contributed by atoms with Gasteiger partial charge in [0.2, 0.25) is 0 Å². The Bertz CT molecular complexity index is 532. The summed E-state index contributed by atoms with van der Waals surface area (Å²) in [5, 5.41) is 3.03. The van der Waals surface area contributed by atoms with E-state index >= 15 is 0 Å². The molecule has 102 valence electrons. The highest BCUT2D eigenvalue weighted by atomic mass is 32.1. The number of carbonyl (C=O) groups is 1. The van der Waals surface area contributed by atoms with Gasteiger partial charge < -0.3 is 4.90 Å². The van der Waals surface area contributed by atoms with E-state index in [4.69, 9.17) is 0 Å². The number of rotatable bonds is 6. The summed E-state index contributed by atoms with van der Waals surface area (Å²) < 4.78 is 0. The molecule has 2 aromatic rings. The molecule has 2 rings (SSSR count). The van der Waals surface area contributed by atoms with E-state index in [1.54, 1.807) is 11.3 Å². The third kappa shape index (κ3) is 3.22. The fourth-order valence-corrected chi connectivity index (χ4v) is 3.66. The molecule has 0 aliphatic heterocycles. The van der Waals surface area contributed by atoms with Crippen LogP contribution in [-0.4, -0.2) is 17.3 Å². The van der Waals surface area contributed by atoms with Crippen molar-refractivity contribution in [1.82, 2.24) is 4.98 Å². The van der Waals surface area contributed by atoms with E-state index in [9.17, 15) is 4.79 Å². The lowest BCUT2D eigenvalue weighted by Crippen LogP contribution is -2.29. The summed E-state index contributed by atoms with van der Waals surface area (Å²) in [4.78, 5) is 20.0. The molecule has 3 nitrogen and oxygen atoms in total. The summed E-state index contributed by atoms with van der Waals surface area (Å²) in [6.07, 6.45) is 1.72. The quantitative estimate of drug-likeness (QED) is 0.755. The third-order valence-electron chi connectivity index (χ3n) is 2.93. The largest absolute Gasteiger partial charge is 0.341 e. The van der Waals surface area contributed by atoms with E-state index in [1.807, 2.05) is 6.92 Å². The van der Waals surface area contributed by atoms with Gasteiger partial charge in [0, 0.05) is 10.9 Å². The molecule has 0 saturated carbocycles. The number of thiazole rings is 1. The number of thiophene rings is 1. The number of hydrogen-bond donors (Lipinski definition) is 0. The topological polar surface area (TPSA) is 33.2 Å². The standard InChI is InChI=1S/C14H18N2OS2/c1-4-12-13(9-17)19-14(15-12)16(10(2)3)8-11-6-5-7-18-11/h5-7,9-10H,4,8H2,1-3H3. The van der Waals surface area contributed by atoms with Crippen LogP contribution in [-0.2, 0) is 13.0 Å². The second kappa shape index (κ2) is 6.30. The SMILES string of the molecule is CCc1nc(N(Cc2cccs2)C(C)C)sc1C=O. The van der Waals surface area contributed by atoms with Gasteiger partial charge in [-0.05, 0) is 31.7 Å². The molecule has 2 aromatic heterocycles. The van der Waals surface area contributed by atoms with Crippen LogP contribution in [0.2, 0.25) is 0 Å². The first-order valence-electron chi connectivity index (χ1n) is 6.39. The highest BCUT2D eigenvalue weighted by molar-refractivity contribution is 7.17. The maximum Gasteiger partial charge on any atom is 0.186 e. The second-order valence-corrected chi connectivity index (χ2v) is 6.62. The Morgan fingerprint density at radius 1 is 1.47 bits per heavy atom. The molecule has 0 amide bonds. The van der Waals surface area contributed by atoms with Crippen LogP contribution in [0.4, 0.5) is 5.13 Å². The molecule has 5 heteroatoms. The molecule has 2 heterocycles. The van der Waals surface area contributed by atoms with Gasteiger partial charge in [0.15, 0.2) is 11.4 Å². The van der Waals surface area contributed by atoms with E-state index in [2.05, 4.69) is 41.2 Å². The Hall–Kier alpha value is -1.20. The van der Waals surface area contributed by atoms with Crippen molar-refractivity contribution in [2.75, 3.05) is 4.90 Å². The zero-order valence-electron chi connectivity index (χ0n) is 11.4. The predicted octanol–water partition coefficient (Wildman–Crippen LogP) is 3.99. The van der Waals surface area contributed by atoms with E-state index in [0.29, 0.717) is 6.04 Å². The van der Waals surface area contributed by atoms with Crippen molar-refractivity contribution in [2.24, 2.45) is 0 Å². The lowest BCUT2D eigenvalue weighted by molar-refractivity contribution is 0.112. The minimum Gasteiger partial charge on any atom is -0.341 e. The summed E-state index contributed by atoms with van der Waals surface area (Å²) in [6.45, 7) is 7.19. The Balaban J connectivity index is 2.28. The summed E-state index contributed by atoms with van der Waals surface area (Å²) in [6, 6.07) is 4.56. The molecule has 0 unspecified atom stereocenters. The van der Waals surface area contributed by atoms with E-state index in [1.165, 1.54) is 16.2 Å². The Morgan fingerprint density at radius 3 is 2.74 bits per heavy atom. The highest BCUT2D eigenvalue weighted by Crippen LogP contribution is 2.29. The molecule has 0 atom stereocenters. The van der Waals surface area contributed by atoms with Crippen molar-refractivity contribution in [1.29, 1.82) is 0 Å². The van der Waals surface area contributed by atoms with Gasteiger partial charge >= 0.3 is 0 Å². The fraction of sp³-hybridized carbons (Fsp3) is 0.429. The third-order valence-corrected chi connectivity index (χ3v) is 4.85. The number of aromatic nitrogens is 1. The van der Waals surface area contributed by atoms with Gasteiger partial charge in [-0.2, -0.15) is 0 Å². The van der Waals surface area contributed by atoms with Gasteiger partial charge in [-0.1, -0.05) is 24.3 Å². The molecule has 19 heavy (non-hydrogen) atoms. The van der Waals surface area contributed by atoms with Crippen molar-refractivity contribution >= 4 is 34.1 Å². The fourth-order valence-electron chi connectivity index (χ4n) is 1.86. The molecule has 0 bridgehead atoms. The van der Waals surface area contributed by atoms with Crippen LogP contribution in [0.5, 0.6) is 0 Å². The summed E-state index contributed by atoms with van der Waals surface area (Å²) in [5.74, 6) is 0. The number of carbonyl (C=O) groups excluding carboxylic acids is 1. The van der Waals surface area contributed by atoms with Crippen LogP contribution in [0.3, 0.4) is 0 Å². The van der Waals surface area contributed by atoms with Crippen molar-refractivity contribution < 1.29 is 4.79 Å². The highest BCUT2D eigenvalue weighted by Gasteiger charge is 2.18. The minimum absolute atomic E-state index is 0.359. The average Bonchev–Trinajstić information content (AvgIpc) is 3.04. The summed E-state index contributed by atoms with van der Waals surface area (Å²) >= 11 is 3.25. The Labute approximate surface area is 121 Å². The Kier molecular flexibility index (Phi) is 4.71. The first-order valence-corrected chi connectivity index (χ1v) is 8.09. The predicted molar refractivity (Wildman–Crippen MR) is 82.5 cm³/mol. The molecular weight excluding hydrogens is 276 g/mol. The lowest BCUT2D eigenvalue weighted by Gasteiger charge is -2.25. The van der Waals surface area contributed by atoms with Crippen LogP contribution in [0.1, 0.15) is 41.0 Å². The van der Waals surface area contributed by atoms with Crippen molar-refractivity contribution in [2.45, 2.75) is 39.8 Å². The van der Waals surface area contributed by atoms with Gasteiger partial charge in [-0.15, -0.1) is 11.3 Å². The van der Waals surface area contributed by atoms with Crippen LogP contribution < -0.4 is 4.90 Å². The van der Waals surface area contributed by atoms with E-state index in [0.717, 1.165) is 35.0 Å². The lowest BCUT2D eigenvalue weighted by atomic mass is 10.3. The van der Waals surface area contributed by atoms with Gasteiger partial charge in [0.1, 0.15) is 0 Å². The number of anilines is 1. The molecule has 0 fully saturated rings. The number of aryl methyl sites for hydroxylation is 1. The molecule has 0 aliphatic carbocycles. The smallest absolute Gasteiger partial charge is 0.186 e. The van der Waals surface area contributed by atoms with Crippen molar-refractivity contribution in [3.8, 4) is 0 Å². The number of hydrogen-bond acceptors (Lipinski definition) is 5. The van der Waals surface area contributed by atoms with Crippen LogP contribution in [0, 0.1) is 0 Å². The van der Waals surface area contributed by atoms with Crippen LogP contribution >= 0.6 is 22.7 Å². The van der Waals surface area contributed by atoms with Gasteiger partial charge in [0.25, 0.3) is 0 Å². The molecule has 0 N–H and O–H groups in total. The molecular formula is C14H18N2OS2. The molecule has 0 radical (unpaired) electrons. The minimum atomic E-state index is 0.359. The average molecular weight is 294 g/mol. The summed E-state index contributed by atoms with van der Waals surface area (Å²) in [7, 11) is 0. The number of aldehydes is 1. The molecule has 0 aliphatic rings. The van der Waals surface area contributed by atoms with E-state index in [-0.39, 0.29) is 0 Å². The summed E-state index contributed by atoms with van der Waals surface area (Å²) in [5.41, 5.74) is 0.909. The second-order valence-electron chi connectivity index (χ2n) is 4.58. The number of nitrogens with zero attached hydrogens (tertiary/aromatic N) is 2. The van der Waals surface area contributed by atoms with Crippen molar-refractivity contribution in [3.05, 3.63) is 33.0 Å².